The molecule has 0 radical (unpaired) electrons. The highest BCUT2D eigenvalue weighted by Gasteiger charge is 2.07. The van der Waals surface area contributed by atoms with E-state index in [9.17, 15) is 0 Å². The number of aromatic amines is 2. The van der Waals surface area contributed by atoms with Crippen molar-refractivity contribution in [2.75, 3.05) is 35.5 Å². The highest BCUT2D eigenvalue weighted by atomic mass is 32.2. The van der Waals surface area contributed by atoms with Crippen LogP contribution in [0.5, 0.6) is 0 Å². The van der Waals surface area contributed by atoms with Crippen molar-refractivity contribution in [1.29, 1.82) is 0 Å². The SMILES string of the molecule is S=c1nc(SCNCCCCCCNCSc2nc(Nc3cccc4ccccc34)[nH]c(=S)n2)nc(Nc2cccc3ccccc23)[nH]1. The Bertz CT molecular complexity index is 1920. The van der Waals surface area contributed by atoms with Crippen molar-refractivity contribution < 1.29 is 0 Å². The number of nitrogens with zero attached hydrogens (tertiary/aromatic N) is 4. The smallest absolute Gasteiger partial charge is 0.209 e. The molecule has 246 valence electrons. The molecule has 0 aliphatic rings. The van der Waals surface area contributed by atoms with E-state index in [0.29, 0.717) is 31.8 Å². The van der Waals surface area contributed by atoms with Crippen LogP contribution in [0.25, 0.3) is 21.5 Å². The monoisotopic (exact) mass is 712 g/mol. The van der Waals surface area contributed by atoms with E-state index in [4.69, 9.17) is 24.4 Å². The van der Waals surface area contributed by atoms with Gasteiger partial charge in [-0.1, -0.05) is 109 Å². The molecule has 0 aliphatic carbocycles. The third kappa shape index (κ3) is 9.81. The third-order valence-electron chi connectivity index (χ3n) is 7.41. The maximum Gasteiger partial charge on any atom is 0.209 e. The van der Waals surface area contributed by atoms with Gasteiger partial charge in [0.15, 0.2) is 10.3 Å². The van der Waals surface area contributed by atoms with Crippen molar-refractivity contribution in [3.63, 3.8) is 0 Å². The summed E-state index contributed by atoms with van der Waals surface area (Å²) in [5, 5.41) is 19.5. The van der Waals surface area contributed by atoms with Crippen LogP contribution in [-0.4, -0.2) is 54.7 Å². The van der Waals surface area contributed by atoms with Crippen LogP contribution in [0.15, 0.2) is 95.2 Å². The van der Waals surface area contributed by atoms with Gasteiger partial charge in [0.1, 0.15) is 0 Å². The van der Waals surface area contributed by atoms with Gasteiger partial charge in [-0.25, -0.2) is 0 Å². The summed E-state index contributed by atoms with van der Waals surface area (Å²) >= 11 is 13.8. The fraction of sp³-hybridized carbons (Fsp3) is 0.235. The number of anilines is 4. The van der Waals surface area contributed by atoms with E-state index in [1.807, 2.05) is 48.5 Å². The maximum absolute atomic E-state index is 5.36. The molecule has 10 nitrogen and oxygen atoms in total. The summed E-state index contributed by atoms with van der Waals surface area (Å²) in [6.45, 7) is 1.88. The van der Waals surface area contributed by atoms with Crippen LogP contribution in [0.1, 0.15) is 25.7 Å². The van der Waals surface area contributed by atoms with E-state index in [2.05, 4.69) is 87.6 Å². The number of hydrogen-bond donors (Lipinski definition) is 6. The van der Waals surface area contributed by atoms with E-state index >= 15 is 0 Å². The van der Waals surface area contributed by atoms with Gasteiger partial charge in [0.2, 0.25) is 21.4 Å². The minimum Gasteiger partial charge on any atom is -0.325 e. The fourth-order valence-electron chi connectivity index (χ4n) is 5.13. The van der Waals surface area contributed by atoms with Crippen LogP contribution < -0.4 is 21.3 Å². The molecular weight excluding hydrogens is 677 g/mol. The molecule has 2 aromatic heterocycles. The highest BCUT2D eigenvalue weighted by molar-refractivity contribution is 7.99. The number of hydrogen-bond acceptors (Lipinski definition) is 12. The second kappa shape index (κ2) is 17.5. The van der Waals surface area contributed by atoms with Gasteiger partial charge in [-0.15, -0.1) is 0 Å². The lowest BCUT2D eigenvalue weighted by atomic mass is 10.1. The van der Waals surface area contributed by atoms with Crippen LogP contribution in [0.2, 0.25) is 0 Å². The Labute approximate surface area is 297 Å². The molecule has 0 saturated heterocycles. The van der Waals surface area contributed by atoms with Crippen molar-refractivity contribution in [1.82, 2.24) is 40.5 Å². The van der Waals surface area contributed by atoms with Crippen molar-refractivity contribution in [2.24, 2.45) is 0 Å². The molecule has 0 unspecified atom stereocenters. The lowest BCUT2D eigenvalue weighted by molar-refractivity contribution is 0.594. The molecule has 0 spiro atoms. The van der Waals surface area contributed by atoms with Crippen LogP contribution in [-0.2, 0) is 0 Å². The first kappa shape index (κ1) is 34.0. The molecule has 0 fully saturated rings. The zero-order valence-electron chi connectivity index (χ0n) is 26.2. The Morgan fingerprint density at radius 2 is 0.958 bits per heavy atom. The lowest BCUT2D eigenvalue weighted by Gasteiger charge is -2.10. The molecule has 0 bridgehead atoms. The van der Waals surface area contributed by atoms with Crippen LogP contribution >= 0.6 is 48.0 Å². The Hall–Kier alpha value is -3.92. The average molecular weight is 713 g/mol. The quantitative estimate of drug-likeness (QED) is 0.0234. The standard InChI is InChI=1S/C34H36N10S4/c45-31-39-29(37-27-17-9-13-23-11-3-5-15-25(23)27)41-33(43-31)47-21-35-19-7-1-2-8-20-36-22-48-34-42-30(40-32(46)44-34)38-28-18-10-14-24-12-4-6-16-26(24)28/h3-6,9-18,35-36H,1-2,7-8,19-22H2,(H2,37,39,41,43,45)(H2,38,40,42,44,46). The first-order valence-corrected chi connectivity index (χ1v) is 18.5. The van der Waals surface area contributed by atoms with Crippen LogP contribution in [0.3, 0.4) is 0 Å². The minimum atomic E-state index is 0.404. The molecule has 6 aromatic rings. The van der Waals surface area contributed by atoms with Gasteiger partial charge in [0, 0.05) is 33.9 Å². The summed E-state index contributed by atoms with van der Waals surface area (Å²) in [6, 6.07) is 28.8. The summed E-state index contributed by atoms with van der Waals surface area (Å²) in [5.74, 6) is 2.60. The van der Waals surface area contributed by atoms with Crippen LogP contribution in [0, 0.1) is 9.54 Å². The first-order valence-electron chi connectivity index (χ1n) is 15.7. The van der Waals surface area contributed by atoms with Crippen molar-refractivity contribution >= 4 is 92.8 Å². The maximum atomic E-state index is 5.36. The van der Waals surface area contributed by atoms with E-state index in [-0.39, 0.29) is 0 Å². The van der Waals surface area contributed by atoms with Gasteiger partial charge in [-0.05, 0) is 73.3 Å². The number of thioether (sulfide) groups is 2. The van der Waals surface area contributed by atoms with E-state index in [0.717, 1.165) is 70.6 Å². The molecule has 0 amide bonds. The number of nitrogens with one attached hydrogen (secondary N) is 6. The van der Waals surface area contributed by atoms with Crippen molar-refractivity contribution in [3.05, 3.63) is 94.5 Å². The molecule has 14 heteroatoms. The zero-order valence-corrected chi connectivity index (χ0v) is 29.4. The lowest BCUT2D eigenvalue weighted by Crippen LogP contribution is -2.16. The number of H-pyrrole nitrogens is 2. The Kier molecular flexibility index (Phi) is 12.4. The minimum absolute atomic E-state index is 0.404. The van der Waals surface area contributed by atoms with Gasteiger partial charge < -0.3 is 31.2 Å². The molecule has 2 heterocycles. The van der Waals surface area contributed by atoms with Gasteiger partial charge in [-0.2, -0.15) is 19.9 Å². The predicted octanol–water partition coefficient (Wildman–Crippen LogP) is 8.71. The third-order valence-corrected chi connectivity index (χ3v) is 9.37. The molecule has 48 heavy (non-hydrogen) atoms. The predicted molar refractivity (Wildman–Crippen MR) is 205 cm³/mol. The van der Waals surface area contributed by atoms with E-state index < -0.39 is 0 Å². The fourth-order valence-corrected chi connectivity index (χ4v) is 6.99. The highest BCUT2D eigenvalue weighted by Crippen LogP contribution is 2.27. The van der Waals surface area contributed by atoms with Gasteiger partial charge in [-0.3, -0.25) is 0 Å². The molecule has 0 saturated carbocycles. The van der Waals surface area contributed by atoms with E-state index in [1.54, 1.807) is 23.5 Å². The zero-order chi connectivity index (χ0) is 33.0. The summed E-state index contributed by atoms with van der Waals surface area (Å²) in [7, 11) is 0. The summed E-state index contributed by atoms with van der Waals surface area (Å²) < 4.78 is 0.807. The topological polar surface area (TPSA) is 131 Å². The number of rotatable bonds is 17. The Morgan fingerprint density at radius 3 is 1.44 bits per heavy atom. The van der Waals surface area contributed by atoms with Crippen molar-refractivity contribution in [2.45, 2.75) is 36.0 Å². The average Bonchev–Trinajstić information content (AvgIpc) is 3.09. The number of aromatic nitrogens is 6. The number of benzene rings is 4. The Morgan fingerprint density at radius 1 is 0.521 bits per heavy atom. The van der Waals surface area contributed by atoms with Crippen LogP contribution in [0.4, 0.5) is 23.3 Å². The summed E-state index contributed by atoms with van der Waals surface area (Å²) in [6.07, 6.45) is 4.56. The summed E-state index contributed by atoms with van der Waals surface area (Å²) in [5.41, 5.74) is 1.94. The molecule has 6 rings (SSSR count). The molecule has 0 atom stereocenters. The molecule has 0 aliphatic heterocycles. The van der Waals surface area contributed by atoms with Gasteiger partial charge in [0.05, 0.1) is 0 Å². The second-order valence-corrected chi connectivity index (χ2v) is 13.5. The van der Waals surface area contributed by atoms with Gasteiger partial charge in [0.25, 0.3) is 0 Å². The summed E-state index contributed by atoms with van der Waals surface area (Å²) in [4.78, 5) is 24.1. The Balaban J connectivity index is 0.842. The van der Waals surface area contributed by atoms with Gasteiger partial charge >= 0.3 is 0 Å². The normalized spacial score (nSPS) is 11.2. The first-order chi connectivity index (χ1) is 23.6. The largest absolute Gasteiger partial charge is 0.325 e. The van der Waals surface area contributed by atoms with E-state index in [1.165, 1.54) is 12.8 Å². The number of unbranched alkanes of at least 4 members (excludes halogenated alkanes) is 3. The second-order valence-electron chi connectivity index (χ2n) is 10.9. The van der Waals surface area contributed by atoms with Crippen molar-refractivity contribution in [3.8, 4) is 0 Å². The number of fused-ring (bicyclic) bond motifs is 2. The molecular formula is C34H36N10S4. The molecule has 4 aromatic carbocycles. The molecule has 6 N–H and O–H groups in total.